The monoisotopic (exact) mass is 268 g/mol. The third-order valence-electron chi connectivity index (χ3n) is 2.15. The molecule has 0 radical (unpaired) electrons. The largest absolute Gasteiger partial charge is 0.295 e. The molecule has 0 amide bonds. The molecule has 0 saturated heterocycles. The van der Waals surface area contributed by atoms with Crippen molar-refractivity contribution in [1.82, 2.24) is 0 Å². The van der Waals surface area contributed by atoms with E-state index >= 15 is 0 Å². The molecule has 0 aliphatic rings. The van der Waals surface area contributed by atoms with E-state index in [1.165, 1.54) is 20.8 Å². The van der Waals surface area contributed by atoms with E-state index in [4.69, 9.17) is 4.55 Å². The van der Waals surface area contributed by atoms with E-state index in [2.05, 4.69) is 0 Å². The zero-order valence-electron chi connectivity index (χ0n) is 9.38. The molecule has 1 aromatic carbocycles. The molecule has 0 unspecified atom stereocenters. The molecule has 0 aromatic heterocycles. The summed E-state index contributed by atoms with van der Waals surface area (Å²) in [4.78, 5) is -0.957. The summed E-state index contributed by atoms with van der Waals surface area (Å²) in [5.74, 6) is -5.03. The van der Waals surface area contributed by atoms with E-state index in [0.29, 0.717) is 0 Å². The van der Waals surface area contributed by atoms with Gasteiger partial charge >= 0.3 is 0 Å². The Morgan fingerprint density at radius 1 is 1.12 bits per heavy atom. The molecule has 17 heavy (non-hydrogen) atoms. The predicted octanol–water partition coefficient (Wildman–Crippen LogP) is 2.65. The molecule has 1 aromatic rings. The van der Waals surface area contributed by atoms with Crippen molar-refractivity contribution < 1.29 is 26.1 Å². The summed E-state index contributed by atoms with van der Waals surface area (Å²) in [7, 11) is -4.83. The number of hydrogen-bond donors (Lipinski definition) is 1. The molecule has 0 heterocycles. The maximum absolute atomic E-state index is 13.6. The molecule has 0 aliphatic carbocycles. The first-order valence-corrected chi connectivity index (χ1v) is 6.05. The molecule has 0 atom stereocenters. The van der Waals surface area contributed by atoms with Gasteiger partial charge in [-0.05, 0) is 11.5 Å². The van der Waals surface area contributed by atoms with Crippen LogP contribution in [0.15, 0.2) is 11.0 Å². The minimum absolute atomic E-state index is 0.272. The SMILES string of the molecule is CC(C)(C)c1c(S(=O)(=O)O)cc(F)c(F)c1F. The normalized spacial score (nSPS) is 12.9. The fourth-order valence-electron chi connectivity index (χ4n) is 1.48. The highest BCUT2D eigenvalue weighted by atomic mass is 32.2. The topological polar surface area (TPSA) is 54.4 Å². The van der Waals surface area contributed by atoms with E-state index in [1.54, 1.807) is 0 Å². The molecule has 0 fully saturated rings. The third kappa shape index (κ3) is 2.61. The van der Waals surface area contributed by atoms with Gasteiger partial charge < -0.3 is 0 Å². The predicted molar refractivity (Wildman–Crippen MR) is 54.8 cm³/mol. The molecule has 0 saturated carbocycles. The summed E-state index contributed by atoms with van der Waals surface area (Å²) in [6, 6.07) is 0.272. The zero-order valence-corrected chi connectivity index (χ0v) is 10.2. The second-order valence-electron chi connectivity index (χ2n) is 4.58. The molecular formula is C10H11F3O3S. The van der Waals surface area contributed by atoms with Crippen molar-refractivity contribution >= 4 is 10.1 Å². The maximum atomic E-state index is 13.6. The van der Waals surface area contributed by atoms with Crippen LogP contribution in [0, 0.1) is 17.5 Å². The van der Waals surface area contributed by atoms with Gasteiger partial charge in [-0.3, -0.25) is 4.55 Å². The molecule has 96 valence electrons. The van der Waals surface area contributed by atoms with Gasteiger partial charge in [-0.25, -0.2) is 13.2 Å². The molecular weight excluding hydrogens is 257 g/mol. The van der Waals surface area contributed by atoms with Gasteiger partial charge in [0, 0.05) is 5.56 Å². The van der Waals surface area contributed by atoms with Gasteiger partial charge in [0.25, 0.3) is 10.1 Å². The Balaban J connectivity index is 3.84. The zero-order chi connectivity index (χ0) is 13.6. The van der Waals surface area contributed by atoms with Crippen molar-refractivity contribution in [2.45, 2.75) is 31.1 Å². The van der Waals surface area contributed by atoms with Gasteiger partial charge in [0.05, 0.1) is 0 Å². The lowest BCUT2D eigenvalue weighted by atomic mass is 9.86. The first-order chi connectivity index (χ1) is 7.46. The van der Waals surface area contributed by atoms with Crippen LogP contribution in [0.3, 0.4) is 0 Å². The minimum Gasteiger partial charge on any atom is -0.282 e. The van der Waals surface area contributed by atoms with Crippen molar-refractivity contribution in [3.63, 3.8) is 0 Å². The Bertz CT molecular complexity index is 559. The van der Waals surface area contributed by atoms with Crippen LogP contribution in [0.5, 0.6) is 0 Å². The smallest absolute Gasteiger partial charge is 0.282 e. The summed E-state index contributed by atoms with van der Waals surface area (Å²) >= 11 is 0. The van der Waals surface area contributed by atoms with Gasteiger partial charge in [-0.15, -0.1) is 0 Å². The van der Waals surface area contributed by atoms with E-state index in [-0.39, 0.29) is 6.07 Å². The van der Waals surface area contributed by atoms with Crippen LogP contribution in [0.4, 0.5) is 13.2 Å². The average Bonchev–Trinajstić information content (AvgIpc) is 2.09. The van der Waals surface area contributed by atoms with Gasteiger partial charge in [0.1, 0.15) is 4.90 Å². The van der Waals surface area contributed by atoms with E-state index in [9.17, 15) is 21.6 Å². The Morgan fingerprint density at radius 2 is 1.59 bits per heavy atom. The molecule has 0 bridgehead atoms. The fourth-order valence-corrected chi connectivity index (χ4v) is 2.38. The van der Waals surface area contributed by atoms with E-state index < -0.39 is 43.4 Å². The Hall–Kier alpha value is -1.08. The van der Waals surface area contributed by atoms with Crippen LogP contribution >= 0.6 is 0 Å². The van der Waals surface area contributed by atoms with Crippen LogP contribution in [0.2, 0.25) is 0 Å². The average molecular weight is 268 g/mol. The number of rotatable bonds is 1. The van der Waals surface area contributed by atoms with Gasteiger partial charge in [0.2, 0.25) is 0 Å². The molecule has 3 nitrogen and oxygen atoms in total. The summed E-state index contributed by atoms with van der Waals surface area (Å²) in [5, 5.41) is 0. The van der Waals surface area contributed by atoms with Gasteiger partial charge in [0.15, 0.2) is 17.5 Å². The molecule has 0 spiro atoms. The Labute approximate surface area is 97.0 Å². The number of hydrogen-bond acceptors (Lipinski definition) is 2. The first kappa shape index (κ1) is 14.0. The Morgan fingerprint density at radius 3 is 1.94 bits per heavy atom. The molecule has 7 heteroatoms. The van der Waals surface area contributed by atoms with Crippen LogP contribution in [0.1, 0.15) is 26.3 Å². The quantitative estimate of drug-likeness (QED) is 0.629. The Kier molecular flexibility index (Phi) is 3.28. The lowest BCUT2D eigenvalue weighted by molar-refractivity contribution is 0.408. The number of halogens is 3. The van der Waals surface area contributed by atoms with Crippen molar-refractivity contribution in [2.24, 2.45) is 0 Å². The van der Waals surface area contributed by atoms with E-state index in [0.717, 1.165) is 0 Å². The van der Waals surface area contributed by atoms with Gasteiger partial charge in [-0.2, -0.15) is 8.42 Å². The summed E-state index contributed by atoms with van der Waals surface area (Å²) in [5.41, 5.74) is -1.69. The third-order valence-corrected chi connectivity index (χ3v) is 3.03. The van der Waals surface area contributed by atoms with Crippen LogP contribution in [-0.2, 0) is 15.5 Å². The lowest BCUT2D eigenvalue weighted by Crippen LogP contribution is -2.20. The summed E-state index contributed by atoms with van der Waals surface area (Å²) in [6.45, 7) is 4.24. The molecule has 1 rings (SSSR count). The van der Waals surface area contributed by atoms with Gasteiger partial charge in [-0.1, -0.05) is 20.8 Å². The van der Waals surface area contributed by atoms with Crippen molar-refractivity contribution in [3.05, 3.63) is 29.1 Å². The van der Waals surface area contributed by atoms with Crippen molar-refractivity contribution in [1.29, 1.82) is 0 Å². The second kappa shape index (κ2) is 3.99. The highest BCUT2D eigenvalue weighted by Gasteiger charge is 2.32. The van der Waals surface area contributed by atoms with Crippen LogP contribution < -0.4 is 0 Å². The fraction of sp³-hybridized carbons (Fsp3) is 0.400. The minimum atomic E-state index is -4.83. The first-order valence-electron chi connectivity index (χ1n) is 4.61. The van der Waals surface area contributed by atoms with E-state index in [1.807, 2.05) is 0 Å². The lowest BCUT2D eigenvalue weighted by Gasteiger charge is -2.22. The summed E-state index contributed by atoms with van der Waals surface area (Å²) < 4.78 is 70.5. The standard InChI is InChI=1S/C10H11F3O3S/c1-10(2,3)7-6(17(14,15)16)4-5(11)8(12)9(7)13/h4H,1-3H3,(H,14,15,16). The summed E-state index contributed by atoms with van der Waals surface area (Å²) in [6.07, 6.45) is 0. The highest BCUT2D eigenvalue weighted by Crippen LogP contribution is 2.33. The van der Waals surface area contributed by atoms with Crippen LogP contribution in [-0.4, -0.2) is 13.0 Å². The maximum Gasteiger partial charge on any atom is 0.295 e. The number of benzene rings is 1. The van der Waals surface area contributed by atoms with Crippen molar-refractivity contribution in [3.8, 4) is 0 Å². The second-order valence-corrected chi connectivity index (χ2v) is 5.97. The van der Waals surface area contributed by atoms with Crippen LogP contribution in [0.25, 0.3) is 0 Å². The molecule has 1 N–H and O–H groups in total. The highest BCUT2D eigenvalue weighted by molar-refractivity contribution is 7.85. The van der Waals surface area contributed by atoms with Crippen molar-refractivity contribution in [2.75, 3.05) is 0 Å². The molecule has 0 aliphatic heterocycles.